The third-order valence-corrected chi connectivity index (χ3v) is 4.56. The van der Waals surface area contributed by atoms with Crippen molar-refractivity contribution in [3.05, 3.63) is 34.4 Å². The number of carbonyl (C=O) groups is 1. The van der Waals surface area contributed by atoms with Crippen LogP contribution < -0.4 is 4.90 Å². The van der Waals surface area contributed by atoms with Crippen LogP contribution in [0.1, 0.15) is 49.3 Å². The third kappa shape index (κ3) is 2.78. The van der Waals surface area contributed by atoms with Gasteiger partial charge in [0.15, 0.2) is 5.78 Å². The summed E-state index contributed by atoms with van der Waals surface area (Å²) in [6.45, 7) is 4.28. The second-order valence-corrected chi connectivity index (χ2v) is 6.22. The second-order valence-electron chi connectivity index (χ2n) is 6.22. The SMILES string of the molecule is CCCC(=O)/C(C#N)=C/c1cc2c3c(c1)CCCN3CCC2. The lowest BCUT2D eigenvalue weighted by Gasteiger charge is -2.37. The monoisotopic (exact) mass is 294 g/mol. The Labute approximate surface area is 132 Å². The molecule has 0 saturated heterocycles. The molecule has 2 heterocycles. The molecule has 0 radical (unpaired) electrons. The topological polar surface area (TPSA) is 44.1 Å². The van der Waals surface area contributed by atoms with Gasteiger partial charge in [0.05, 0.1) is 5.57 Å². The maximum absolute atomic E-state index is 12.0. The molecule has 0 unspecified atom stereocenters. The van der Waals surface area contributed by atoms with Gasteiger partial charge < -0.3 is 4.90 Å². The van der Waals surface area contributed by atoms with E-state index in [4.69, 9.17) is 0 Å². The largest absolute Gasteiger partial charge is 0.371 e. The van der Waals surface area contributed by atoms with Crippen LogP contribution in [-0.2, 0) is 17.6 Å². The summed E-state index contributed by atoms with van der Waals surface area (Å²) in [5.41, 5.74) is 5.49. The van der Waals surface area contributed by atoms with Crippen LogP contribution >= 0.6 is 0 Å². The van der Waals surface area contributed by atoms with Gasteiger partial charge in [0.2, 0.25) is 0 Å². The number of nitrogens with zero attached hydrogens (tertiary/aromatic N) is 2. The average molecular weight is 294 g/mol. The lowest BCUT2D eigenvalue weighted by Crippen LogP contribution is -2.34. The number of rotatable bonds is 4. The summed E-state index contributed by atoms with van der Waals surface area (Å²) < 4.78 is 0. The van der Waals surface area contributed by atoms with E-state index in [-0.39, 0.29) is 11.4 Å². The molecule has 0 N–H and O–H groups in total. The van der Waals surface area contributed by atoms with Gasteiger partial charge in [-0.05, 0) is 67.0 Å². The van der Waals surface area contributed by atoms with Crippen LogP contribution in [0.15, 0.2) is 17.7 Å². The number of ketones is 1. The van der Waals surface area contributed by atoms with Crippen molar-refractivity contribution in [2.75, 3.05) is 18.0 Å². The van der Waals surface area contributed by atoms with Crippen LogP contribution in [0.5, 0.6) is 0 Å². The number of hydrogen-bond acceptors (Lipinski definition) is 3. The van der Waals surface area contributed by atoms with E-state index in [1.165, 1.54) is 29.7 Å². The van der Waals surface area contributed by atoms with Crippen molar-refractivity contribution in [3.8, 4) is 6.07 Å². The van der Waals surface area contributed by atoms with Crippen LogP contribution in [0.25, 0.3) is 6.08 Å². The number of anilines is 1. The number of benzene rings is 1. The van der Waals surface area contributed by atoms with Gasteiger partial charge in [-0.25, -0.2) is 0 Å². The van der Waals surface area contributed by atoms with E-state index in [1.54, 1.807) is 6.08 Å². The minimum absolute atomic E-state index is 0.0435. The van der Waals surface area contributed by atoms with Crippen molar-refractivity contribution in [1.29, 1.82) is 5.26 Å². The van der Waals surface area contributed by atoms with Gasteiger partial charge in [0.1, 0.15) is 6.07 Å². The van der Waals surface area contributed by atoms with Crippen molar-refractivity contribution >= 4 is 17.5 Å². The Balaban J connectivity index is 1.99. The van der Waals surface area contributed by atoms with E-state index in [9.17, 15) is 10.1 Å². The molecule has 0 atom stereocenters. The molecule has 22 heavy (non-hydrogen) atoms. The number of hydrogen-bond donors (Lipinski definition) is 0. The van der Waals surface area contributed by atoms with Gasteiger partial charge in [-0.3, -0.25) is 4.79 Å². The van der Waals surface area contributed by atoms with E-state index in [2.05, 4.69) is 23.1 Å². The normalized spacial score (nSPS) is 16.9. The summed E-state index contributed by atoms with van der Waals surface area (Å²) in [7, 11) is 0. The maximum atomic E-state index is 12.0. The molecule has 0 spiro atoms. The summed E-state index contributed by atoms with van der Waals surface area (Å²) in [5, 5.41) is 9.26. The van der Waals surface area contributed by atoms with Gasteiger partial charge >= 0.3 is 0 Å². The Hall–Kier alpha value is -2.08. The fourth-order valence-electron chi connectivity index (χ4n) is 3.62. The molecule has 2 aliphatic heterocycles. The number of carbonyl (C=O) groups excluding carboxylic acids is 1. The maximum Gasteiger partial charge on any atom is 0.173 e. The van der Waals surface area contributed by atoms with E-state index >= 15 is 0 Å². The van der Waals surface area contributed by atoms with Crippen molar-refractivity contribution in [3.63, 3.8) is 0 Å². The molecular formula is C19H22N2O. The zero-order valence-electron chi connectivity index (χ0n) is 13.2. The predicted molar refractivity (Wildman–Crippen MR) is 88.8 cm³/mol. The predicted octanol–water partition coefficient (Wildman–Crippen LogP) is 3.66. The Morgan fingerprint density at radius 3 is 2.45 bits per heavy atom. The fraction of sp³-hybridized carbons (Fsp3) is 0.474. The first-order valence-corrected chi connectivity index (χ1v) is 8.28. The molecule has 114 valence electrons. The summed E-state index contributed by atoms with van der Waals surface area (Å²) in [6, 6.07) is 6.42. The Morgan fingerprint density at radius 2 is 1.91 bits per heavy atom. The lowest BCUT2D eigenvalue weighted by atomic mass is 9.89. The van der Waals surface area contributed by atoms with Crippen molar-refractivity contribution in [2.24, 2.45) is 0 Å². The highest BCUT2D eigenvalue weighted by Gasteiger charge is 2.24. The first-order chi connectivity index (χ1) is 10.7. The van der Waals surface area contributed by atoms with Gasteiger partial charge in [0.25, 0.3) is 0 Å². The number of nitriles is 1. The molecule has 0 aliphatic carbocycles. The van der Waals surface area contributed by atoms with Gasteiger partial charge in [-0.1, -0.05) is 6.92 Å². The van der Waals surface area contributed by atoms with Gasteiger partial charge in [0, 0.05) is 25.2 Å². The Morgan fingerprint density at radius 1 is 1.27 bits per heavy atom. The zero-order valence-corrected chi connectivity index (χ0v) is 13.2. The number of aryl methyl sites for hydroxylation is 2. The first-order valence-electron chi connectivity index (χ1n) is 8.28. The highest BCUT2D eigenvalue weighted by molar-refractivity contribution is 6.03. The molecule has 0 aromatic heterocycles. The standard InChI is InChI=1S/C19H22N2O/c1-2-5-18(22)17(13-20)12-14-10-15-6-3-8-21-9-4-7-16(11-14)19(15)21/h10-12H,2-9H2,1H3/b17-12+. The van der Waals surface area contributed by atoms with Gasteiger partial charge in [-0.2, -0.15) is 5.26 Å². The quantitative estimate of drug-likeness (QED) is 0.629. The molecule has 1 aromatic carbocycles. The lowest BCUT2D eigenvalue weighted by molar-refractivity contribution is -0.115. The Bertz CT molecular complexity index is 635. The number of allylic oxidation sites excluding steroid dienone is 1. The van der Waals surface area contributed by atoms with Crippen molar-refractivity contribution in [2.45, 2.75) is 45.4 Å². The summed E-state index contributed by atoms with van der Waals surface area (Å²) >= 11 is 0. The average Bonchev–Trinajstić information content (AvgIpc) is 2.53. The van der Waals surface area contributed by atoms with Crippen molar-refractivity contribution < 1.29 is 4.79 Å². The summed E-state index contributed by atoms with van der Waals surface area (Å²) in [5.74, 6) is -0.0435. The molecule has 0 fully saturated rings. The molecule has 1 aromatic rings. The van der Waals surface area contributed by atoms with Crippen LogP contribution in [-0.4, -0.2) is 18.9 Å². The van der Waals surface area contributed by atoms with E-state index in [0.717, 1.165) is 37.9 Å². The smallest absolute Gasteiger partial charge is 0.173 e. The first kappa shape index (κ1) is 14.8. The van der Waals surface area contributed by atoms with Crippen LogP contribution in [0.2, 0.25) is 0 Å². The summed E-state index contributed by atoms with van der Waals surface area (Å²) in [4.78, 5) is 14.5. The second kappa shape index (κ2) is 6.36. The van der Waals surface area contributed by atoms with Crippen LogP contribution in [0.3, 0.4) is 0 Å². The zero-order chi connectivity index (χ0) is 15.5. The highest BCUT2D eigenvalue weighted by atomic mass is 16.1. The molecule has 3 nitrogen and oxygen atoms in total. The fourth-order valence-corrected chi connectivity index (χ4v) is 3.62. The minimum Gasteiger partial charge on any atom is -0.371 e. The summed E-state index contributed by atoms with van der Waals surface area (Å²) in [6.07, 6.45) is 7.60. The minimum atomic E-state index is -0.0435. The number of Topliss-reactive ketones (excluding diaryl/α,β-unsaturated/α-hetero) is 1. The molecular weight excluding hydrogens is 272 g/mol. The van der Waals surface area contributed by atoms with Crippen LogP contribution in [0, 0.1) is 11.3 Å². The molecule has 0 amide bonds. The Kier molecular flexibility index (Phi) is 4.29. The van der Waals surface area contributed by atoms with E-state index < -0.39 is 0 Å². The molecule has 0 saturated carbocycles. The molecule has 3 rings (SSSR count). The molecule has 0 bridgehead atoms. The third-order valence-electron chi connectivity index (χ3n) is 4.56. The van der Waals surface area contributed by atoms with E-state index in [1.807, 2.05) is 6.92 Å². The van der Waals surface area contributed by atoms with E-state index in [0.29, 0.717) is 6.42 Å². The van der Waals surface area contributed by atoms with Crippen molar-refractivity contribution in [1.82, 2.24) is 0 Å². The molecule has 2 aliphatic rings. The molecule has 3 heteroatoms. The highest BCUT2D eigenvalue weighted by Crippen LogP contribution is 2.36. The van der Waals surface area contributed by atoms with Crippen LogP contribution in [0.4, 0.5) is 5.69 Å². The van der Waals surface area contributed by atoms with Gasteiger partial charge in [-0.15, -0.1) is 0 Å².